The number of carbonyl (C=O) groups excluding carboxylic acids is 2. The zero-order chi connectivity index (χ0) is 14.3. The summed E-state index contributed by atoms with van der Waals surface area (Å²) in [6.07, 6.45) is 2.40. The summed E-state index contributed by atoms with van der Waals surface area (Å²) in [5.74, 6) is 0.315. The largest absolute Gasteiger partial charge is 0.493 e. The second-order valence-electron chi connectivity index (χ2n) is 4.18. The SMILES string of the molecule is CCCCC(Oc1ccc(C=O)cc1OC)C(N)=O. The van der Waals surface area contributed by atoms with Crippen molar-refractivity contribution in [1.82, 2.24) is 0 Å². The lowest BCUT2D eigenvalue weighted by atomic mass is 10.1. The lowest BCUT2D eigenvalue weighted by Crippen LogP contribution is -2.33. The quantitative estimate of drug-likeness (QED) is 0.728. The summed E-state index contributed by atoms with van der Waals surface area (Å²) in [6, 6.07) is 4.76. The molecule has 0 heterocycles. The normalized spacial score (nSPS) is 11.7. The number of unbranched alkanes of at least 4 members (excludes halogenated alkanes) is 1. The predicted molar refractivity (Wildman–Crippen MR) is 71.5 cm³/mol. The van der Waals surface area contributed by atoms with Crippen LogP contribution in [0.5, 0.6) is 11.5 Å². The molecule has 0 fully saturated rings. The molecule has 0 spiro atoms. The van der Waals surface area contributed by atoms with Crippen LogP contribution >= 0.6 is 0 Å². The first-order chi connectivity index (χ1) is 9.12. The first-order valence-corrected chi connectivity index (χ1v) is 6.21. The van der Waals surface area contributed by atoms with Crippen LogP contribution in [0.3, 0.4) is 0 Å². The van der Waals surface area contributed by atoms with Crippen LogP contribution in [0.15, 0.2) is 18.2 Å². The van der Waals surface area contributed by atoms with Crippen molar-refractivity contribution < 1.29 is 19.1 Å². The summed E-state index contributed by atoms with van der Waals surface area (Å²) in [5.41, 5.74) is 5.79. The molecular formula is C14H19NO4. The van der Waals surface area contributed by atoms with Crippen molar-refractivity contribution in [3.63, 3.8) is 0 Å². The Morgan fingerprint density at radius 1 is 1.42 bits per heavy atom. The summed E-state index contributed by atoms with van der Waals surface area (Å²) in [6.45, 7) is 2.03. The molecule has 19 heavy (non-hydrogen) atoms. The fraction of sp³-hybridized carbons (Fsp3) is 0.429. The number of nitrogens with two attached hydrogens (primary N) is 1. The average Bonchev–Trinajstić information content (AvgIpc) is 2.43. The zero-order valence-corrected chi connectivity index (χ0v) is 11.2. The Labute approximate surface area is 112 Å². The maximum absolute atomic E-state index is 11.3. The van der Waals surface area contributed by atoms with Crippen molar-refractivity contribution in [3.05, 3.63) is 23.8 Å². The van der Waals surface area contributed by atoms with Crippen molar-refractivity contribution in [1.29, 1.82) is 0 Å². The van der Waals surface area contributed by atoms with Crippen LogP contribution in [-0.2, 0) is 4.79 Å². The average molecular weight is 265 g/mol. The van der Waals surface area contributed by atoms with Crippen molar-refractivity contribution in [2.75, 3.05) is 7.11 Å². The minimum Gasteiger partial charge on any atom is -0.493 e. The van der Waals surface area contributed by atoms with Gasteiger partial charge < -0.3 is 15.2 Å². The highest BCUT2D eigenvalue weighted by molar-refractivity contribution is 5.79. The fourth-order valence-electron chi connectivity index (χ4n) is 1.66. The number of carbonyl (C=O) groups is 2. The monoisotopic (exact) mass is 265 g/mol. The number of aldehydes is 1. The highest BCUT2D eigenvalue weighted by Crippen LogP contribution is 2.29. The molecule has 104 valence electrons. The predicted octanol–water partition coefficient (Wildman–Crippen LogP) is 1.93. The van der Waals surface area contributed by atoms with E-state index in [1.807, 2.05) is 6.92 Å². The van der Waals surface area contributed by atoms with Crippen LogP contribution in [0.25, 0.3) is 0 Å². The second-order valence-corrected chi connectivity index (χ2v) is 4.18. The topological polar surface area (TPSA) is 78.6 Å². The number of primary amides is 1. The third-order valence-corrected chi connectivity index (χ3v) is 2.73. The van der Waals surface area contributed by atoms with Gasteiger partial charge in [-0.3, -0.25) is 9.59 Å². The molecule has 1 atom stereocenters. The summed E-state index contributed by atoms with van der Waals surface area (Å²) in [7, 11) is 1.47. The van der Waals surface area contributed by atoms with E-state index in [9.17, 15) is 9.59 Å². The fourth-order valence-corrected chi connectivity index (χ4v) is 1.66. The molecule has 0 aliphatic carbocycles. The third-order valence-electron chi connectivity index (χ3n) is 2.73. The minimum atomic E-state index is -0.684. The molecule has 0 aliphatic heterocycles. The maximum Gasteiger partial charge on any atom is 0.258 e. The maximum atomic E-state index is 11.3. The van der Waals surface area contributed by atoms with Gasteiger partial charge in [0.15, 0.2) is 17.6 Å². The highest BCUT2D eigenvalue weighted by atomic mass is 16.5. The molecule has 0 radical (unpaired) electrons. The van der Waals surface area contributed by atoms with Gasteiger partial charge in [-0.25, -0.2) is 0 Å². The van der Waals surface area contributed by atoms with Crippen LogP contribution < -0.4 is 15.2 Å². The van der Waals surface area contributed by atoms with Gasteiger partial charge in [0, 0.05) is 5.56 Å². The van der Waals surface area contributed by atoms with E-state index in [0.717, 1.165) is 19.1 Å². The van der Waals surface area contributed by atoms with E-state index in [4.69, 9.17) is 15.2 Å². The van der Waals surface area contributed by atoms with Crippen LogP contribution in [0.4, 0.5) is 0 Å². The molecule has 5 nitrogen and oxygen atoms in total. The standard InChI is InChI=1S/C14H19NO4/c1-3-4-5-12(14(15)17)19-11-7-6-10(9-16)8-13(11)18-2/h6-9,12H,3-5H2,1-2H3,(H2,15,17). The number of hydrogen-bond acceptors (Lipinski definition) is 4. The van der Waals surface area contributed by atoms with Crippen molar-refractivity contribution in [3.8, 4) is 11.5 Å². The molecule has 1 aromatic rings. The molecule has 5 heteroatoms. The van der Waals surface area contributed by atoms with Gasteiger partial charge in [0.1, 0.15) is 6.29 Å². The van der Waals surface area contributed by atoms with E-state index in [0.29, 0.717) is 23.5 Å². The van der Waals surface area contributed by atoms with Crippen molar-refractivity contribution >= 4 is 12.2 Å². The minimum absolute atomic E-state index is 0.410. The summed E-state index contributed by atoms with van der Waals surface area (Å²) in [4.78, 5) is 22.0. The molecule has 0 bridgehead atoms. The zero-order valence-electron chi connectivity index (χ0n) is 11.2. The van der Waals surface area contributed by atoms with Gasteiger partial charge in [-0.15, -0.1) is 0 Å². The number of benzene rings is 1. The smallest absolute Gasteiger partial charge is 0.258 e. The molecule has 2 N–H and O–H groups in total. The number of hydrogen-bond donors (Lipinski definition) is 1. The van der Waals surface area contributed by atoms with Crippen molar-refractivity contribution in [2.45, 2.75) is 32.3 Å². The van der Waals surface area contributed by atoms with Gasteiger partial charge in [0.2, 0.25) is 0 Å². The Bertz CT molecular complexity index is 445. The molecule has 1 aromatic carbocycles. The molecular weight excluding hydrogens is 246 g/mol. The highest BCUT2D eigenvalue weighted by Gasteiger charge is 2.18. The van der Waals surface area contributed by atoms with Gasteiger partial charge >= 0.3 is 0 Å². The van der Waals surface area contributed by atoms with Crippen LogP contribution in [-0.4, -0.2) is 25.4 Å². The Morgan fingerprint density at radius 3 is 2.68 bits per heavy atom. The lowest BCUT2D eigenvalue weighted by molar-refractivity contribution is -0.125. The number of methoxy groups -OCH3 is 1. The number of rotatable bonds is 8. The molecule has 0 saturated heterocycles. The molecule has 1 unspecified atom stereocenters. The number of amides is 1. The first-order valence-electron chi connectivity index (χ1n) is 6.21. The molecule has 0 saturated carbocycles. The van der Waals surface area contributed by atoms with Gasteiger partial charge in [0.25, 0.3) is 5.91 Å². The number of ether oxygens (including phenoxy) is 2. The molecule has 1 rings (SSSR count). The van der Waals surface area contributed by atoms with E-state index in [-0.39, 0.29) is 0 Å². The first kappa shape index (κ1) is 15.0. The van der Waals surface area contributed by atoms with E-state index in [1.165, 1.54) is 7.11 Å². The van der Waals surface area contributed by atoms with Gasteiger partial charge in [-0.2, -0.15) is 0 Å². The van der Waals surface area contributed by atoms with Gasteiger partial charge in [-0.1, -0.05) is 13.3 Å². The Kier molecular flexibility index (Phi) is 5.85. The molecule has 0 aromatic heterocycles. The van der Waals surface area contributed by atoms with Crippen LogP contribution in [0.1, 0.15) is 36.5 Å². The summed E-state index contributed by atoms with van der Waals surface area (Å²) < 4.78 is 10.7. The lowest BCUT2D eigenvalue weighted by Gasteiger charge is -2.17. The van der Waals surface area contributed by atoms with Gasteiger partial charge in [-0.05, 0) is 31.0 Å². The van der Waals surface area contributed by atoms with E-state index in [1.54, 1.807) is 18.2 Å². The Balaban J connectivity index is 2.88. The Hall–Kier alpha value is -2.04. The van der Waals surface area contributed by atoms with Gasteiger partial charge in [0.05, 0.1) is 7.11 Å². The van der Waals surface area contributed by atoms with E-state index in [2.05, 4.69) is 0 Å². The Morgan fingerprint density at radius 2 is 2.16 bits per heavy atom. The second kappa shape index (κ2) is 7.41. The van der Waals surface area contributed by atoms with Crippen molar-refractivity contribution in [2.24, 2.45) is 5.73 Å². The molecule has 0 aliphatic rings. The molecule has 1 amide bonds. The summed E-state index contributed by atoms with van der Waals surface area (Å²) >= 11 is 0. The van der Waals surface area contributed by atoms with Crippen LogP contribution in [0, 0.1) is 0 Å². The van der Waals surface area contributed by atoms with E-state index < -0.39 is 12.0 Å². The summed E-state index contributed by atoms with van der Waals surface area (Å²) in [5, 5.41) is 0. The third kappa shape index (κ3) is 4.28. The van der Waals surface area contributed by atoms with E-state index >= 15 is 0 Å². The van der Waals surface area contributed by atoms with Crippen LogP contribution in [0.2, 0.25) is 0 Å².